The number of piperazine rings is 1. The summed E-state index contributed by atoms with van der Waals surface area (Å²) in [4.78, 5) is 30.1. The number of aromatic nitrogens is 2. The van der Waals surface area contributed by atoms with Crippen LogP contribution in [0.25, 0.3) is 17.5 Å². The second kappa shape index (κ2) is 10.3. The van der Waals surface area contributed by atoms with Crippen LogP contribution in [0.5, 0.6) is 0 Å². The molecule has 2 unspecified atom stereocenters. The number of amides is 1. The Morgan fingerprint density at radius 2 is 1.91 bits per heavy atom. The molecule has 1 amide bonds. The van der Waals surface area contributed by atoms with Gasteiger partial charge in [-0.2, -0.15) is 0 Å². The minimum atomic E-state index is -0.317. The van der Waals surface area contributed by atoms with Gasteiger partial charge in [-0.15, -0.1) is 11.6 Å². The molecule has 0 bridgehead atoms. The maximum Gasteiger partial charge on any atom is 0.242 e. The zero-order valence-electron chi connectivity index (χ0n) is 18.8. The van der Waals surface area contributed by atoms with Gasteiger partial charge >= 0.3 is 0 Å². The number of anilines is 1. The number of imidazole rings is 1. The van der Waals surface area contributed by atoms with E-state index in [0.29, 0.717) is 49.1 Å². The summed E-state index contributed by atoms with van der Waals surface area (Å²) in [7, 11) is 0. The Labute approximate surface area is 212 Å². The van der Waals surface area contributed by atoms with Crippen molar-refractivity contribution in [3.63, 3.8) is 0 Å². The van der Waals surface area contributed by atoms with Crippen molar-refractivity contribution >= 4 is 53.6 Å². The highest BCUT2D eigenvalue weighted by atomic mass is 35.5. The third-order valence-electron chi connectivity index (χ3n) is 6.26. The minimum Gasteiger partial charge on any atom is -0.360 e. The molecule has 1 fully saturated rings. The van der Waals surface area contributed by atoms with Crippen LogP contribution < -0.4 is 5.32 Å². The van der Waals surface area contributed by atoms with Crippen LogP contribution in [0.2, 0.25) is 0 Å². The SMILES string of the molecule is O=C(CNc1c(-c2ccc(F)cc2)nc2n1C=CN=CC2)N1CCN(C2C(Cl)=CN=CC2Cl)CC1. The van der Waals surface area contributed by atoms with Gasteiger partial charge in [0.2, 0.25) is 5.91 Å². The lowest BCUT2D eigenvalue weighted by atomic mass is 10.1. The summed E-state index contributed by atoms with van der Waals surface area (Å²) in [5.74, 6) is 1.11. The molecule has 2 atom stereocenters. The van der Waals surface area contributed by atoms with Crippen LogP contribution in [-0.2, 0) is 11.2 Å². The summed E-state index contributed by atoms with van der Waals surface area (Å²) in [6.45, 7) is 2.58. The van der Waals surface area contributed by atoms with Crippen molar-refractivity contribution in [1.82, 2.24) is 19.4 Å². The van der Waals surface area contributed by atoms with Crippen molar-refractivity contribution in [3.05, 3.63) is 53.3 Å². The van der Waals surface area contributed by atoms with Crippen LogP contribution in [0.3, 0.4) is 0 Å². The van der Waals surface area contributed by atoms with Crippen LogP contribution in [0.1, 0.15) is 5.82 Å². The van der Waals surface area contributed by atoms with Gasteiger partial charge in [-0.25, -0.2) is 9.37 Å². The molecule has 0 radical (unpaired) electrons. The van der Waals surface area contributed by atoms with Crippen molar-refractivity contribution in [2.75, 3.05) is 38.0 Å². The van der Waals surface area contributed by atoms with Gasteiger partial charge < -0.3 is 10.2 Å². The number of halogens is 3. The Balaban J connectivity index is 1.27. The van der Waals surface area contributed by atoms with E-state index in [9.17, 15) is 9.18 Å². The van der Waals surface area contributed by atoms with Gasteiger partial charge in [0.25, 0.3) is 0 Å². The van der Waals surface area contributed by atoms with Crippen LogP contribution >= 0.6 is 23.2 Å². The van der Waals surface area contributed by atoms with Gasteiger partial charge in [0.05, 0.1) is 23.0 Å². The number of rotatable bonds is 5. The first kappa shape index (κ1) is 23.7. The monoisotopic (exact) mass is 515 g/mol. The molecule has 0 spiro atoms. The fraction of sp³-hybridized carbons (Fsp3) is 0.333. The van der Waals surface area contributed by atoms with E-state index in [2.05, 4.69) is 20.2 Å². The summed E-state index contributed by atoms with van der Waals surface area (Å²) >= 11 is 12.8. The van der Waals surface area contributed by atoms with Crippen LogP contribution in [0.15, 0.2) is 51.7 Å². The molecule has 1 aromatic carbocycles. The largest absolute Gasteiger partial charge is 0.360 e. The van der Waals surface area contributed by atoms with E-state index in [1.807, 2.05) is 9.47 Å². The number of carbonyl (C=O) groups excluding carboxylic acids is 1. The van der Waals surface area contributed by atoms with Gasteiger partial charge in [-0.1, -0.05) is 11.6 Å². The number of nitrogens with zero attached hydrogens (tertiary/aromatic N) is 6. The van der Waals surface area contributed by atoms with E-state index in [-0.39, 0.29) is 29.7 Å². The molecule has 2 aromatic rings. The summed E-state index contributed by atoms with van der Waals surface area (Å²) < 4.78 is 15.4. The third-order valence-corrected chi connectivity index (χ3v) is 6.93. The van der Waals surface area contributed by atoms with Crippen molar-refractivity contribution < 1.29 is 9.18 Å². The molecule has 0 aliphatic carbocycles. The van der Waals surface area contributed by atoms with Gasteiger partial charge in [0.15, 0.2) is 0 Å². The average molecular weight is 516 g/mol. The summed E-state index contributed by atoms with van der Waals surface area (Å²) in [5, 5.41) is 3.59. The molecular formula is C24H24Cl2FN7O. The Bertz CT molecular complexity index is 1210. The standard InChI is InChI=1S/C24H24Cl2FN7O/c25-18-13-29-14-19(26)23(18)33-11-9-32(10-12-33)21(35)15-30-24-22(16-1-3-17(27)4-2-16)31-20-5-6-28-7-8-34(20)24/h1-4,6-8,13-14,18,23,30H,5,9-12,15H2. The molecule has 1 saturated heterocycles. The second-order valence-corrected chi connectivity index (χ2v) is 9.35. The Kier molecular flexibility index (Phi) is 6.99. The maximum atomic E-state index is 13.5. The van der Waals surface area contributed by atoms with Gasteiger partial charge in [0, 0.05) is 69.2 Å². The first-order valence-corrected chi connectivity index (χ1v) is 12.2. The number of benzene rings is 1. The molecule has 1 aromatic heterocycles. The van der Waals surface area contributed by atoms with Crippen molar-refractivity contribution in [3.8, 4) is 11.3 Å². The number of hydrogen-bond donors (Lipinski definition) is 1. The number of fused-ring (bicyclic) bond motifs is 1. The first-order valence-electron chi connectivity index (χ1n) is 11.4. The smallest absolute Gasteiger partial charge is 0.242 e. The summed E-state index contributed by atoms with van der Waals surface area (Å²) in [6.07, 6.45) is 9.11. The van der Waals surface area contributed by atoms with E-state index >= 15 is 0 Å². The summed E-state index contributed by atoms with van der Waals surface area (Å²) in [6, 6.07) is 6.04. The Morgan fingerprint density at radius 3 is 2.66 bits per heavy atom. The Morgan fingerprint density at radius 1 is 1.14 bits per heavy atom. The minimum absolute atomic E-state index is 0.0200. The third kappa shape index (κ3) is 5.03. The van der Waals surface area contributed by atoms with Crippen molar-refractivity contribution in [1.29, 1.82) is 0 Å². The highest BCUT2D eigenvalue weighted by Gasteiger charge is 2.33. The van der Waals surface area contributed by atoms with E-state index in [1.54, 1.807) is 43.2 Å². The molecule has 0 saturated carbocycles. The van der Waals surface area contributed by atoms with E-state index in [1.165, 1.54) is 12.1 Å². The number of carbonyl (C=O) groups is 1. The number of aliphatic imine (C=N–C) groups is 2. The predicted octanol–water partition coefficient (Wildman–Crippen LogP) is 3.44. The lowest BCUT2D eigenvalue weighted by Gasteiger charge is -2.40. The summed E-state index contributed by atoms with van der Waals surface area (Å²) in [5.41, 5.74) is 1.42. The molecule has 8 nitrogen and oxygen atoms in total. The lowest BCUT2D eigenvalue weighted by Crippen LogP contribution is -2.55. The normalized spacial score (nSPS) is 22.0. The highest BCUT2D eigenvalue weighted by molar-refractivity contribution is 6.34. The molecule has 5 rings (SSSR count). The molecule has 182 valence electrons. The fourth-order valence-electron chi connectivity index (χ4n) is 4.46. The molecule has 11 heteroatoms. The quantitative estimate of drug-likeness (QED) is 0.618. The molecule has 1 N–H and O–H groups in total. The van der Waals surface area contributed by atoms with Gasteiger partial charge in [-0.3, -0.25) is 24.2 Å². The van der Waals surface area contributed by atoms with Crippen molar-refractivity contribution in [2.45, 2.75) is 17.8 Å². The maximum absolute atomic E-state index is 13.5. The molecule has 4 heterocycles. The van der Waals surface area contributed by atoms with Gasteiger partial charge in [-0.05, 0) is 24.3 Å². The average Bonchev–Trinajstić information content (AvgIpc) is 3.03. The second-order valence-electron chi connectivity index (χ2n) is 8.41. The topological polar surface area (TPSA) is 78.1 Å². The number of nitrogens with one attached hydrogen (secondary N) is 1. The first-order chi connectivity index (χ1) is 17.0. The zero-order valence-corrected chi connectivity index (χ0v) is 20.3. The Hall–Kier alpha value is -3.01. The molecular weight excluding hydrogens is 492 g/mol. The van der Waals surface area contributed by atoms with Crippen molar-refractivity contribution in [2.24, 2.45) is 9.98 Å². The number of alkyl halides is 1. The number of hydrogen-bond acceptors (Lipinski definition) is 6. The molecule has 3 aliphatic heterocycles. The fourth-order valence-corrected chi connectivity index (χ4v) is 5.22. The zero-order chi connectivity index (χ0) is 24.4. The van der Waals surface area contributed by atoms with Crippen LogP contribution in [0, 0.1) is 5.82 Å². The van der Waals surface area contributed by atoms with E-state index < -0.39 is 0 Å². The molecule has 35 heavy (non-hydrogen) atoms. The highest BCUT2D eigenvalue weighted by Crippen LogP contribution is 2.30. The predicted molar refractivity (Wildman–Crippen MR) is 138 cm³/mol. The van der Waals surface area contributed by atoms with Crippen LogP contribution in [-0.4, -0.2) is 81.8 Å². The van der Waals surface area contributed by atoms with Crippen LogP contribution in [0.4, 0.5) is 10.2 Å². The molecule has 3 aliphatic rings. The lowest BCUT2D eigenvalue weighted by molar-refractivity contribution is -0.131. The van der Waals surface area contributed by atoms with Gasteiger partial charge in [0.1, 0.15) is 23.2 Å². The van der Waals surface area contributed by atoms with E-state index in [4.69, 9.17) is 28.2 Å². The van der Waals surface area contributed by atoms with E-state index in [0.717, 1.165) is 11.4 Å².